The van der Waals surface area contributed by atoms with Crippen molar-refractivity contribution in [3.8, 4) is 5.75 Å². The van der Waals surface area contributed by atoms with E-state index in [2.05, 4.69) is 0 Å². The molecule has 0 unspecified atom stereocenters. The zero-order chi connectivity index (χ0) is 16.1. The summed E-state index contributed by atoms with van der Waals surface area (Å²) in [7, 11) is 1.39. The predicted octanol–water partition coefficient (Wildman–Crippen LogP) is 2.76. The van der Waals surface area contributed by atoms with Gasteiger partial charge in [-0.1, -0.05) is 11.6 Å². The normalized spacial score (nSPS) is 15.5. The summed E-state index contributed by atoms with van der Waals surface area (Å²) >= 11 is 6.12. The molecule has 0 radical (unpaired) electrons. The SMILES string of the molecule is CCOc1ccc(C(=O)N2CCC(C(=O)OC)CC2)cc1Cl. The van der Waals surface area contributed by atoms with Gasteiger partial charge < -0.3 is 14.4 Å². The monoisotopic (exact) mass is 325 g/mol. The van der Waals surface area contributed by atoms with Crippen LogP contribution in [0.1, 0.15) is 30.1 Å². The van der Waals surface area contributed by atoms with E-state index in [9.17, 15) is 9.59 Å². The van der Waals surface area contributed by atoms with E-state index in [0.29, 0.717) is 48.9 Å². The Labute approximate surface area is 135 Å². The van der Waals surface area contributed by atoms with Gasteiger partial charge in [-0.05, 0) is 38.0 Å². The fourth-order valence-corrected chi connectivity index (χ4v) is 2.81. The van der Waals surface area contributed by atoms with E-state index in [-0.39, 0.29) is 17.8 Å². The first-order valence-electron chi connectivity index (χ1n) is 7.36. The number of amides is 1. The number of methoxy groups -OCH3 is 1. The molecule has 0 saturated carbocycles. The topological polar surface area (TPSA) is 55.8 Å². The highest BCUT2D eigenvalue weighted by atomic mass is 35.5. The summed E-state index contributed by atoms with van der Waals surface area (Å²) in [5, 5.41) is 0.428. The van der Waals surface area contributed by atoms with Gasteiger partial charge in [0.15, 0.2) is 0 Å². The number of ether oxygens (including phenoxy) is 2. The molecule has 0 atom stereocenters. The van der Waals surface area contributed by atoms with Crippen molar-refractivity contribution in [3.05, 3.63) is 28.8 Å². The number of esters is 1. The summed E-state index contributed by atoms with van der Waals surface area (Å²) in [5.41, 5.74) is 0.532. The Morgan fingerprint density at radius 1 is 1.32 bits per heavy atom. The molecule has 1 aromatic rings. The molecule has 1 aliphatic rings. The maximum atomic E-state index is 12.5. The van der Waals surface area contributed by atoms with Gasteiger partial charge in [-0.2, -0.15) is 0 Å². The number of halogens is 1. The third-order valence-electron chi connectivity index (χ3n) is 3.80. The Morgan fingerprint density at radius 3 is 2.55 bits per heavy atom. The second-order valence-electron chi connectivity index (χ2n) is 5.17. The summed E-state index contributed by atoms with van der Waals surface area (Å²) in [6.45, 7) is 3.49. The molecular formula is C16H20ClNO4. The Balaban J connectivity index is 2.01. The summed E-state index contributed by atoms with van der Waals surface area (Å²) in [6.07, 6.45) is 1.26. The third kappa shape index (κ3) is 3.71. The van der Waals surface area contributed by atoms with Gasteiger partial charge in [0.05, 0.1) is 24.7 Å². The van der Waals surface area contributed by atoms with Gasteiger partial charge in [0, 0.05) is 18.7 Å². The van der Waals surface area contributed by atoms with Crippen LogP contribution >= 0.6 is 11.6 Å². The Morgan fingerprint density at radius 2 is 2.00 bits per heavy atom. The number of rotatable bonds is 4. The second kappa shape index (κ2) is 7.49. The number of carbonyl (C=O) groups excluding carboxylic acids is 2. The minimum Gasteiger partial charge on any atom is -0.492 e. The predicted molar refractivity (Wildman–Crippen MR) is 83.3 cm³/mol. The number of benzene rings is 1. The molecular weight excluding hydrogens is 306 g/mol. The second-order valence-corrected chi connectivity index (χ2v) is 5.58. The van der Waals surface area contributed by atoms with Gasteiger partial charge in [0.2, 0.25) is 0 Å². The quantitative estimate of drug-likeness (QED) is 0.799. The van der Waals surface area contributed by atoms with Gasteiger partial charge in [-0.25, -0.2) is 0 Å². The molecule has 0 bridgehead atoms. The lowest BCUT2D eigenvalue weighted by atomic mass is 9.96. The number of nitrogens with zero attached hydrogens (tertiary/aromatic N) is 1. The number of hydrogen-bond donors (Lipinski definition) is 0. The van der Waals surface area contributed by atoms with E-state index in [1.807, 2.05) is 6.92 Å². The highest BCUT2D eigenvalue weighted by Crippen LogP contribution is 2.27. The van der Waals surface area contributed by atoms with Crippen molar-refractivity contribution in [3.63, 3.8) is 0 Å². The largest absolute Gasteiger partial charge is 0.492 e. The van der Waals surface area contributed by atoms with Gasteiger partial charge >= 0.3 is 5.97 Å². The standard InChI is InChI=1S/C16H20ClNO4/c1-3-22-14-5-4-12(10-13(14)17)15(19)18-8-6-11(7-9-18)16(20)21-2/h4-5,10-11H,3,6-9H2,1-2H3. The van der Waals surface area contributed by atoms with E-state index in [1.165, 1.54) is 7.11 Å². The zero-order valence-corrected chi connectivity index (χ0v) is 13.6. The maximum absolute atomic E-state index is 12.5. The Bertz CT molecular complexity index is 553. The lowest BCUT2D eigenvalue weighted by Gasteiger charge is -2.30. The van der Waals surface area contributed by atoms with Gasteiger partial charge in [0.25, 0.3) is 5.91 Å². The van der Waals surface area contributed by atoms with Gasteiger partial charge in [-0.15, -0.1) is 0 Å². The van der Waals surface area contributed by atoms with Crippen LogP contribution in [0.4, 0.5) is 0 Å². The van der Waals surface area contributed by atoms with Crippen LogP contribution in [0.5, 0.6) is 5.75 Å². The van der Waals surface area contributed by atoms with Crippen LogP contribution in [-0.4, -0.2) is 43.6 Å². The van der Waals surface area contributed by atoms with Crippen LogP contribution in [0.25, 0.3) is 0 Å². The molecule has 0 N–H and O–H groups in total. The first-order chi connectivity index (χ1) is 10.6. The first-order valence-corrected chi connectivity index (χ1v) is 7.74. The van der Waals surface area contributed by atoms with E-state index in [4.69, 9.17) is 21.1 Å². The highest BCUT2D eigenvalue weighted by molar-refractivity contribution is 6.32. The molecule has 6 heteroatoms. The minimum absolute atomic E-state index is 0.0757. The summed E-state index contributed by atoms with van der Waals surface area (Å²) < 4.78 is 10.1. The molecule has 1 amide bonds. The molecule has 1 saturated heterocycles. The van der Waals surface area contributed by atoms with Gasteiger partial charge in [0.1, 0.15) is 5.75 Å². The molecule has 5 nitrogen and oxygen atoms in total. The summed E-state index contributed by atoms with van der Waals surface area (Å²) in [4.78, 5) is 25.7. The van der Waals surface area contributed by atoms with E-state index < -0.39 is 0 Å². The van der Waals surface area contributed by atoms with Gasteiger partial charge in [-0.3, -0.25) is 9.59 Å². The van der Waals surface area contributed by atoms with Crippen LogP contribution in [0.15, 0.2) is 18.2 Å². The Kier molecular flexibility index (Phi) is 5.66. The van der Waals surface area contributed by atoms with Crippen molar-refractivity contribution < 1.29 is 19.1 Å². The van der Waals surface area contributed by atoms with Crippen LogP contribution < -0.4 is 4.74 Å². The van der Waals surface area contributed by atoms with E-state index in [0.717, 1.165) is 0 Å². The van der Waals surface area contributed by atoms with Crippen molar-refractivity contribution in [2.24, 2.45) is 5.92 Å². The molecule has 22 heavy (non-hydrogen) atoms. The molecule has 0 aliphatic carbocycles. The third-order valence-corrected chi connectivity index (χ3v) is 4.09. The number of carbonyl (C=O) groups is 2. The van der Waals surface area contributed by atoms with Crippen LogP contribution in [0, 0.1) is 5.92 Å². The fourth-order valence-electron chi connectivity index (χ4n) is 2.57. The molecule has 1 aliphatic heterocycles. The summed E-state index contributed by atoms with van der Waals surface area (Å²) in [5.74, 6) is 0.188. The molecule has 0 spiro atoms. The lowest BCUT2D eigenvalue weighted by Crippen LogP contribution is -2.40. The van der Waals surface area contributed by atoms with Crippen LogP contribution in [0.3, 0.4) is 0 Å². The van der Waals surface area contributed by atoms with Crippen molar-refractivity contribution in [1.82, 2.24) is 4.90 Å². The van der Waals surface area contributed by atoms with Crippen molar-refractivity contribution in [2.45, 2.75) is 19.8 Å². The van der Waals surface area contributed by atoms with Crippen LogP contribution in [0.2, 0.25) is 5.02 Å². The number of likely N-dealkylation sites (tertiary alicyclic amines) is 1. The molecule has 1 heterocycles. The van der Waals surface area contributed by atoms with Crippen molar-refractivity contribution >= 4 is 23.5 Å². The highest BCUT2D eigenvalue weighted by Gasteiger charge is 2.28. The molecule has 1 aromatic carbocycles. The number of piperidine rings is 1. The van der Waals surface area contributed by atoms with E-state index in [1.54, 1.807) is 23.1 Å². The number of hydrogen-bond acceptors (Lipinski definition) is 4. The first kappa shape index (κ1) is 16.6. The molecule has 2 rings (SSSR count). The lowest BCUT2D eigenvalue weighted by molar-refractivity contribution is -0.146. The molecule has 120 valence electrons. The summed E-state index contributed by atoms with van der Waals surface area (Å²) in [6, 6.07) is 5.05. The van der Waals surface area contributed by atoms with Crippen molar-refractivity contribution in [1.29, 1.82) is 0 Å². The Hall–Kier alpha value is -1.75. The maximum Gasteiger partial charge on any atom is 0.308 e. The van der Waals surface area contributed by atoms with E-state index >= 15 is 0 Å². The average molecular weight is 326 g/mol. The smallest absolute Gasteiger partial charge is 0.308 e. The zero-order valence-electron chi connectivity index (χ0n) is 12.8. The van der Waals surface area contributed by atoms with Crippen molar-refractivity contribution in [2.75, 3.05) is 26.8 Å². The minimum atomic E-state index is -0.198. The fraction of sp³-hybridized carbons (Fsp3) is 0.500. The molecule has 1 fully saturated rings. The molecule has 0 aromatic heterocycles. The average Bonchev–Trinajstić information content (AvgIpc) is 2.55. The van der Waals surface area contributed by atoms with Crippen LogP contribution in [-0.2, 0) is 9.53 Å².